The smallest absolute Gasteiger partial charge is 0.261 e. The number of hydrogen-bond donors (Lipinski definition) is 2. The van der Waals surface area contributed by atoms with Gasteiger partial charge in [-0.05, 0) is 42.2 Å². The molecule has 2 rings (SSSR count). The number of benzene rings is 2. The fraction of sp³-hybridized carbons (Fsp3) is 0.250. The van der Waals surface area contributed by atoms with E-state index in [1.807, 2.05) is 12.1 Å². The molecule has 112 valence electrons. The lowest BCUT2D eigenvalue weighted by molar-refractivity contribution is 0.471. The maximum Gasteiger partial charge on any atom is 0.261 e. The molecule has 0 atom stereocenters. The van der Waals surface area contributed by atoms with Crippen LogP contribution in [-0.2, 0) is 10.0 Å². The zero-order valence-electron chi connectivity index (χ0n) is 12.3. The molecule has 0 aliphatic rings. The number of phenols is 1. The van der Waals surface area contributed by atoms with Gasteiger partial charge in [-0.2, -0.15) is 0 Å². The molecule has 21 heavy (non-hydrogen) atoms. The molecule has 0 radical (unpaired) electrons. The van der Waals surface area contributed by atoms with Gasteiger partial charge in [0, 0.05) is 6.07 Å². The maximum absolute atomic E-state index is 12.3. The number of rotatable bonds is 4. The SMILES string of the molecule is Cc1ccc(NS(=O)(=O)c2ccc(C(C)C)cc2)cc1O. The molecule has 0 amide bonds. The third-order valence-corrected chi connectivity index (χ3v) is 4.72. The monoisotopic (exact) mass is 305 g/mol. The Labute approximate surface area is 125 Å². The summed E-state index contributed by atoms with van der Waals surface area (Å²) in [6.45, 7) is 5.85. The third kappa shape index (κ3) is 3.55. The van der Waals surface area contributed by atoms with E-state index in [9.17, 15) is 13.5 Å². The van der Waals surface area contributed by atoms with Crippen molar-refractivity contribution in [3.8, 4) is 5.75 Å². The highest BCUT2D eigenvalue weighted by Gasteiger charge is 2.15. The number of nitrogens with one attached hydrogen (secondary N) is 1. The molecule has 5 heteroatoms. The molecule has 0 bridgehead atoms. The van der Waals surface area contributed by atoms with Gasteiger partial charge in [0.1, 0.15) is 5.75 Å². The minimum absolute atomic E-state index is 0.0605. The lowest BCUT2D eigenvalue weighted by Gasteiger charge is -2.11. The maximum atomic E-state index is 12.3. The average Bonchev–Trinajstić information content (AvgIpc) is 2.43. The van der Waals surface area contributed by atoms with Crippen molar-refractivity contribution >= 4 is 15.7 Å². The van der Waals surface area contributed by atoms with E-state index in [1.165, 1.54) is 6.07 Å². The summed E-state index contributed by atoms with van der Waals surface area (Å²) in [5, 5.41) is 9.63. The summed E-state index contributed by atoms with van der Waals surface area (Å²) in [6, 6.07) is 11.5. The summed E-state index contributed by atoms with van der Waals surface area (Å²) in [6.07, 6.45) is 0. The first-order valence-electron chi connectivity index (χ1n) is 6.72. The zero-order valence-corrected chi connectivity index (χ0v) is 13.1. The van der Waals surface area contributed by atoms with E-state index < -0.39 is 10.0 Å². The lowest BCUT2D eigenvalue weighted by atomic mass is 10.0. The molecule has 0 saturated carbocycles. The normalized spacial score (nSPS) is 11.6. The second-order valence-corrected chi connectivity index (χ2v) is 7.01. The first kappa shape index (κ1) is 15.4. The van der Waals surface area contributed by atoms with Gasteiger partial charge in [-0.25, -0.2) is 8.42 Å². The van der Waals surface area contributed by atoms with Crippen LogP contribution >= 0.6 is 0 Å². The highest BCUT2D eigenvalue weighted by Crippen LogP contribution is 2.24. The van der Waals surface area contributed by atoms with Crippen molar-refractivity contribution in [2.24, 2.45) is 0 Å². The quantitative estimate of drug-likeness (QED) is 0.906. The zero-order chi connectivity index (χ0) is 15.6. The molecule has 0 saturated heterocycles. The number of aromatic hydroxyl groups is 1. The van der Waals surface area contributed by atoms with Crippen LogP contribution in [0.1, 0.15) is 30.9 Å². The van der Waals surface area contributed by atoms with Gasteiger partial charge >= 0.3 is 0 Å². The molecular weight excluding hydrogens is 286 g/mol. The van der Waals surface area contributed by atoms with Crippen LogP contribution in [0.15, 0.2) is 47.4 Å². The summed E-state index contributed by atoms with van der Waals surface area (Å²) < 4.78 is 27.0. The van der Waals surface area contributed by atoms with Crippen molar-refractivity contribution in [2.45, 2.75) is 31.6 Å². The van der Waals surface area contributed by atoms with Crippen LogP contribution in [0.25, 0.3) is 0 Å². The average molecular weight is 305 g/mol. The van der Waals surface area contributed by atoms with Crippen molar-refractivity contribution < 1.29 is 13.5 Å². The van der Waals surface area contributed by atoms with Crippen molar-refractivity contribution in [1.29, 1.82) is 0 Å². The Bertz CT molecular complexity index is 735. The highest BCUT2D eigenvalue weighted by molar-refractivity contribution is 7.92. The molecule has 4 nitrogen and oxygen atoms in total. The van der Waals surface area contributed by atoms with Crippen LogP contribution in [0.2, 0.25) is 0 Å². The molecule has 0 spiro atoms. The second kappa shape index (κ2) is 5.77. The summed E-state index contributed by atoms with van der Waals surface area (Å²) in [4.78, 5) is 0.201. The molecule has 0 aromatic heterocycles. The number of phenolic OH excluding ortho intramolecular Hbond substituents is 1. The van der Waals surface area contributed by atoms with Gasteiger partial charge in [-0.1, -0.05) is 32.0 Å². The van der Waals surface area contributed by atoms with E-state index in [2.05, 4.69) is 18.6 Å². The fourth-order valence-corrected chi connectivity index (χ4v) is 2.97. The minimum atomic E-state index is -3.65. The van der Waals surface area contributed by atoms with E-state index in [4.69, 9.17) is 0 Å². The largest absolute Gasteiger partial charge is 0.508 e. The van der Waals surface area contributed by atoms with Crippen LogP contribution in [-0.4, -0.2) is 13.5 Å². The molecule has 2 aromatic rings. The standard InChI is InChI=1S/C16H19NO3S/c1-11(2)13-5-8-15(9-6-13)21(19,20)17-14-7-4-12(3)16(18)10-14/h4-11,17-18H,1-3H3. The van der Waals surface area contributed by atoms with Gasteiger partial charge in [0.2, 0.25) is 0 Å². The van der Waals surface area contributed by atoms with Crippen molar-refractivity contribution in [2.75, 3.05) is 4.72 Å². The number of anilines is 1. The van der Waals surface area contributed by atoms with Gasteiger partial charge in [0.15, 0.2) is 0 Å². The number of aryl methyl sites for hydroxylation is 1. The first-order valence-corrected chi connectivity index (χ1v) is 8.20. The van der Waals surface area contributed by atoms with Crippen LogP contribution in [0, 0.1) is 6.92 Å². The molecular formula is C16H19NO3S. The van der Waals surface area contributed by atoms with Crippen LogP contribution in [0.4, 0.5) is 5.69 Å². The molecule has 0 aliphatic carbocycles. The van der Waals surface area contributed by atoms with Crippen LogP contribution in [0.3, 0.4) is 0 Å². The summed E-state index contributed by atoms with van der Waals surface area (Å²) in [5.41, 5.74) is 2.12. The van der Waals surface area contributed by atoms with Crippen LogP contribution < -0.4 is 4.72 Å². The molecule has 2 aromatic carbocycles. The van der Waals surface area contributed by atoms with Gasteiger partial charge in [-0.15, -0.1) is 0 Å². The molecule has 0 fully saturated rings. The molecule has 0 heterocycles. The Morgan fingerprint density at radius 1 is 1.05 bits per heavy atom. The summed E-state index contributed by atoms with van der Waals surface area (Å²) in [5.74, 6) is 0.411. The third-order valence-electron chi connectivity index (χ3n) is 3.32. The Morgan fingerprint density at radius 2 is 1.67 bits per heavy atom. The highest BCUT2D eigenvalue weighted by atomic mass is 32.2. The Kier molecular flexibility index (Phi) is 4.23. The second-order valence-electron chi connectivity index (χ2n) is 5.33. The van der Waals surface area contributed by atoms with Crippen molar-refractivity contribution in [1.82, 2.24) is 0 Å². The van der Waals surface area contributed by atoms with Crippen molar-refractivity contribution in [3.63, 3.8) is 0 Å². The fourth-order valence-electron chi connectivity index (χ4n) is 1.92. The van der Waals surface area contributed by atoms with Crippen LogP contribution in [0.5, 0.6) is 5.75 Å². The van der Waals surface area contributed by atoms with E-state index >= 15 is 0 Å². The van der Waals surface area contributed by atoms with Gasteiger partial charge in [-0.3, -0.25) is 4.72 Å². The lowest BCUT2D eigenvalue weighted by Crippen LogP contribution is -2.13. The summed E-state index contributed by atoms with van der Waals surface area (Å²) >= 11 is 0. The van der Waals surface area contributed by atoms with Gasteiger partial charge < -0.3 is 5.11 Å². The predicted molar refractivity (Wildman–Crippen MR) is 84.2 cm³/mol. The van der Waals surface area contributed by atoms with Crippen molar-refractivity contribution in [3.05, 3.63) is 53.6 Å². The Morgan fingerprint density at radius 3 is 2.19 bits per heavy atom. The number of hydrogen-bond acceptors (Lipinski definition) is 3. The predicted octanol–water partition coefficient (Wildman–Crippen LogP) is 3.62. The van der Waals surface area contributed by atoms with Gasteiger partial charge in [0.25, 0.3) is 10.0 Å². The first-order chi connectivity index (χ1) is 9.79. The Balaban J connectivity index is 2.27. The van der Waals surface area contributed by atoms with E-state index in [-0.39, 0.29) is 10.6 Å². The van der Waals surface area contributed by atoms with E-state index in [0.29, 0.717) is 17.2 Å². The number of sulfonamides is 1. The van der Waals surface area contributed by atoms with E-state index in [0.717, 1.165) is 5.56 Å². The topological polar surface area (TPSA) is 66.4 Å². The van der Waals surface area contributed by atoms with E-state index in [1.54, 1.807) is 31.2 Å². The Hall–Kier alpha value is -2.01. The van der Waals surface area contributed by atoms with Gasteiger partial charge in [0.05, 0.1) is 10.6 Å². The summed E-state index contributed by atoms with van der Waals surface area (Å²) in [7, 11) is -3.65. The molecule has 0 unspecified atom stereocenters. The molecule has 2 N–H and O–H groups in total. The minimum Gasteiger partial charge on any atom is -0.508 e. The molecule has 0 aliphatic heterocycles.